The molecular weight excluding hydrogens is 192 g/mol. The van der Waals surface area contributed by atoms with E-state index in [9.17, 15) is 0 Å². The SMILES string of the molecule is COCCO[SiH2]CCCCCC(C)C. The van der Waals surface area contributed by atoms with Gasteiger partial charge in [0.15, 0.2) is 9.76 Å². The van der Waals surface area contributed by atoms with Gasteiger partial charge < -0.3 is 9.16 Å². The van der Waals surface area contributed by atoms with Crippen molar-refractivity contribution in [1.82, 2.24) is 0 Å². The molecule has 0 aliphatic heterocycles. The number of hydrogen-bond acceptors (Lipinski definition) is 2. The zero-order valence-electron chi connectivity index (χ0n) is 10.1. The minimum absolute atomic E-state index is 0.236. The van der Waals surface area contributed by atoms with Crippen molar-refractivity contribution in [3.63, 3.8) is 0 Å². The summed E-state index contributed by atoms with van der Waals surface area (Å²) in [5, 5.41) is 0. The summed E-state index contributed by atoms with van der Waals surface area (Å²) in [5.41, 5.74) is 0. The topological polar surface area (TPSA) is 18.5 Å². The van der Waals surface area contributed by atoms with Crippen LogP contribution in [0.1, 0.15) is 39.5 Å². The van der Waals surface area contributed by atoms with Gasteiger partial charge in [0.2, 0.25) is 0 Å². The second-order valence-electron chi connectivity index (χ2n) is 4.20. The third kappa shape index (κ3) is 12.1. The minimum atomic E-state index is -0.236. The highest BCUT2D eigenvalue weighted by atomic mass is 28.2. The Hall–Kier alpha value is 0.137. The van der Waals surface area contributed by atoms with E-state index in [1.54, 1.807) is 7.11 Å². The molecule has 0 aromatic carbocycles. The van der Waals surface area contributed by atoms with Gasteiger partial charge in [0.25, 0.3) is 0 Å². The van der Waals surface area contributed by atoms with Crippen LogP contribution in [-0.2, 0) is 9.16 Å². The number of unbranched alkanes of at least 4 members (excludes halogenated alkanes) is 2. The van der Waals surface area contributed by atoms with Crippen LogP contribution in [0.3, 0.4) is 0 Å². The van der Waals surface area contributed by atoms with E-state index in [-0.39, 0.29) is 9.76 Å². The lowest BCUT2D eigenvalue weighted by atomic mass is 10.1. The van der Waals surface area contributed by atoms with Gasteiger partial charge in [-0.15, -0.1) is 0 Å². The Bertz CT molecular complexity index is 107. The summed E-state index contributed by atoms with van der Waals surface area (Å²) in [6.45, 7) is 6.14. The molecule has 0 N–H and O–H groups in total. The Kier molecular flexibility index (Phi) is 11.3. The predicted octanol–water partition coefficient (Wildman–Crippen LogP) is 2.37. The molecule has 0 saturated carbocycles. The molecule has 3 heteroatoms. The van der Waals surface area contributed by atoms with Crippen LogP contribution >= 0.6 is 0 Å². The summed E-state index contributed by atoms with van der Waals surface area (Å²) in [4.78, 5) is 0. The Labute approximate surface area is 91.3 Å². The van der Waals surface area contributed by atoms with Gasteiger partial charge in [-0.3, -0.25) is 0 Å². The second kappa shape index (κ2) is 11.2. The van der Waals surface area contributed by atoms with E-state index in [0.29, 0.717) is 0 Å². The minimum Gasteiger partial charge on any atom is -0.422 e. The molecule has 14 heavy (non-hydrogen) atoms. The van der Waals surface area contributed by atoms with Gasteiger partial charge in [-0.25, -0.2) is 0 Å². The molecule has 86 valence electrons. The zero-order chi connectivity index (χ0) is 10.6. The standard InChI is InChI=1S/C11H26O2Si/c1-11(2)7-5-4-6-10-14-13-9-8-12-3/h11H,4-10,14H2,1-3H3. The third-order valence-electron chi connectivity index (χ3n) is 2.25. The molecule has 0 radical (unpaired) electrons. The van der Waals surface area contributed by atoms with Gasteiger partial charge in [0.05, 0.1) is 13.2 Å². The lowest BCUT2D eigenvalue weighted by molar-refractivity contribution is 0.149. The van der Waals surface area contributed by atoms with Crippen LogP contribution in [-0.4, -0.2) is 30.1 Å². The van der Waals surface area contributed by atoms with Crippen molar-refractivity contribution in [3.05, 3.63) is 0 Å². The maximum absolute atomic E-state index is 5.52. The fourth-order valence-electron chi connectivity index (χ4n) is 1.35. The molecule has 0 aliphatic rings. The summed E-state index contributed by atoms with van der Waals surface area (Å²) >= 11 is 0. The summed E-state index contributed by atoms with van der Waals surface area (Å²) < 4.78 is 10.4. The van der Waals surface area contributed by atoms with Gasteiger partial charge in [-0.05, 0) is 12.0 Å². The molecule has 0 aliphatic carbocycles. The Morgan fingerprint density at radius 2 is 1.86 bits per heavy atom. The quantitative estimate of drug-likeness (QED) is 0.414. The van der Waals surface area contributed by atoms with Gasteiger partial charge >= 0.3 is 0 Å². The molecule has 0 aromatic rings. The Balaban J connectivity index is 2.85. The molecule has 0 fully saturated rings. The van der Waals surface area contributed by atoms with Crippen molar-refractivity contribution in [1.29, 1.82) is 0 Å². The van der Waals surface area contributed by atoms with Crippen LogP contribution in [0.4, 0.5) is 0 Å². The maximum Gasteiger partial charge on any atom is 0.161 e. The number of ether oxygens (including phenoxy) is 1. The van der Waals surface area contributed by atoms with Crippen molar-refractivity contribution in [2.75, 3.05) is 20.3 Å². The normalized spacial score (nSPS) is 12.0. The fourth-order valence-corrected chi connectivity index (χ4v) is 2.44. The van der Waals surface area contributed by atoms with E-state index in [2.05, 4.69) is 13.8 Å². The summed E-state index contributed by atoms with van der Waals surface area (Å²) in [7, 11) is 1.48. The second-order valence-corrected chi connectivity index (χ2v) is 5.73. The van der Waals surface area contributed by atoms with Crippen LogP contribution in [0, 0.1) is 5.92 Å². The summed E-state index contributed by atoms with van der Waals surface area (Å²) in [6.07, 6.45) is 5.53. The van der Waals surface area contributed by atoms with E-state index < -0.39 is 0 Å². The third-order valence-corrected chi connectivity index (χ3v) is 3.62. The zero-order valence-corrected chi connectivity index (χ0v) is 11.5. The predicted molar refractivity (Wildman–Crippen MR) is 64.5 cm³/mol. The molecule has 0 bridgehead atoms. The van der Waals surface area contributed by atoms with E-state index >= 15 is 0 Å². The van der Waals surface area contributed by atoms with E-state index in [4.69, 9.17) is 9.16 Å². The molecule has 0 amide bonds. The average molecular weight is 218 g/mol. The van der Waals surface area contributed by atoms with Gasteiger partial charge in [0, 0.05) is 7.11 Å². The van der Waals surface area contributed by atoms with Crippen LogP contribution in [0.2, 0.25) is 6.04 Å². The Morgan fingerprint density at radius 1 is 1.07 bits per heavy atom. The number of rotatable bonds is 10. The van der Waals surface area contributed by atoms with Gasteiger partial charge in [-0.1, -0.05) is 39.5 Å². The summed E-state index contributed by atoms with van der Waals surface area (Å²) in [6, 6.07) is 1.34. The van der Waals surface area contributed by atoms with Crippen molar-refractivity contribution >= 4 is 9.76 Å². The van der Waals surface area contributed by atoms with Crippen molar-refractivity contribution in [2.24, 2.45) is 5.92 Å². The van der Waals surface area contributed by atoms with Crippen LogP contribution in [0.5, 0.6) is 0 Å². The first-order valence-corrected chi connectivity index (χ1v) is 7.41. The molecule has 0 heterocycles. The molecule has 0 aromatic heterocycles. The lowest BCUT2D eigenvalue weighted by Gasteiger charge is -2.04. The largest absolute Gasteiger partial charge is 0.422 e. The first-order valence-electron chi connectivity index (χ1n) is 5.84. The van der Waals surface area contributed by atoms with Gasteiger partial charge in [-0.2, -0.15) is 0 Å². The molecule has 2 nitrogen and oxygen atoms in total. The highest BCUT2D eigenvalue weighted by Crippen LogP contribution is 2.09. The van der Waals surface area contributed by atoms with Crippen molar-refractivity contribution in [2.45, 2.75) is 45.6 Å². The molecular formula is C11H26O2Si. The maximum atomic E-state index is 5.52. The molecule has 0 rings (SSSR count). The van der Waals surface area contributed by atoms with Crippen molar-refractivity contribution in [3.8, 4) is 0 Å². The lowest BCUT2D eigenvalue weighted by Crippen LogP contribution is -2.05. The molecule has 0 unspecified atom stereocenters. The highest BCUT2D eigenvalue weighted by molar-refractivity contribution is 6.26. The molecule has 0 saturated heterocycles. The van der Waals surface area contributed by atoms with Gasteiger partial charge in [0.1, 0.15) is 0 Å². The van der Waals surface area contributed by atoms with Crippen LogP contribution in [0.15, 0.2) is 0 Å². The monoisotopic (exact) mass is 218 g/mol. The number of hydrogen-bond donors (Lipinski definition) is 0. The first-order chi connectivity index (χ1) is 6.77. The first kappa shape index (κ1) is 14.1. The fraction of sp³-hybridized carbons (Fsp3) is 1.00. The summed E-state index contributed by atoms with van der Waals surface area (Å²) in [5.74, 6) is 0.866. The average Bonchev–Trinajstić information content (AvgIpc) is 2.15. The van der Waals surface area contributed by atoms with Crippen molar-refractivity contribution < 1.29 is 9.16 Å². The highest BCUT2D eigenvalue weighted by Gasteiger charge is 1.95. The smallest absolute Gasteiger partial charge is 0.161 e. The van der Waals surface area contributed by atoms with E-state index in [1.807, 2.05) is 0 Å². The van der Waals surface area contributed by atoms with E-state index in [1.165, 1.54) is 31.7 Å². The van der Waals surface area contributed by atoms with E-state index in [0.717, 1.165) is 19.1 Å². The van der Waals surface area contributed by atoms with Crippen LogP contribution < -0.4 is 0 Å². The molecule has 0 atom stereocenters. The van der Waals surface area contributed by atoms with Crippen LogP contribution in [0.25, 0.3) is 0 Å². The Morgan fingerprint density at radius 3 is 2.50 bits per heavy atom. The number of methoxy groups -OCH3 is 1. The molecule has 0 spiro atoms.